The third kappa shape index (κ3) is 5.03. The van der Waals surface area contributed by atoms with E-state index in [0.717, 1.165) is 34.8 Å². The van der Waals surface area contributed by atoms with E-state index in [1.807, 2.05) is 58.9 Å². The number of hydrogen-bond donors (Lipinski definition) is 0. The van der Waals surface area contributed by atoms with Gasteiger partial charge in [0.25, 0.3) is 5.91 Å². The molecule has 1 saturated heterocycles. The third-order valence-corrected chi connectivity index (χ3v) is 9.02. The number of fused-ring (bicyclic) bond motifs is 1. The highest BCUT2D eigenvalue weighted by atomic mass is 35.5. The van der Waals surface area contributed by atoms with Gasteiger partial charge in [0.2, 0.25) is 5.91 Å². The molecule has 2 aliphatic rings. The minimum Gasteiger partial charge on any atom is -0.319 e. The Morgan fingerprint density at radius 3 is 2.74 bits per heavy atom. The van der Waals surface area contributed by atoms with Crippen LogP contribution in [0, 0.1) is 0 Å². The Balaban J connectivity index is 1.27. The van der Waals surface area contributed by atoms with Crippen LogP contribution in [0.25, 0.3) is 0 Å². The average molecular weight is 546 g/mol. The number of halogens is 1. The Labute approximate surface area is 222 Å². The van der Waals surface area contributed by atoms with Crippen LogP contribution in [0.1, 0.15) is 15.9 Å². The van der Waals surface area contributed by atoms with Crippen molar-refractivity contribution in [3.63, 3.8) is 0 Å². The fourth-order valence-corrected chi connectivity index (χ4v) is 6.59. The zero-order chi connectivity index (χ0) is 24.5. The van der Waals surface area contributed by atoms with Gasteiger partial charge >= 0.3 is 0 Å². The summed E-state index contributed by atoms with van der Waals surface area (Å²) in [5.41, 5.74) is 3.73. The number of aromatic nitrogens is 1. The Hall–Kier alpha value is -2.24. The van der Waals surface area contributed by atoms with Crippen molar-refractivity contribution in [2.45, 2.75) is 11.3 Å². The van der Waals surface area contributed by atoms with Crippen LogP contribution in [0.15, 0.2) is 52.7 Å². The van der Waals surface area contributed by atoms with Gasteiger partial charge in [0.15, 0.2) is 5.13 Å². The first-order chi connectivity index (χ1) is 16.9. The Bertz CT molecular complexity index is 1270. The van der Waals surface area contributed by atoms with Crippen LogP contribution >= 0.6 is 46.8 Å². The summed E-state index contributed by atoms with van der Waals surface area (Å²) in [5.74, 6) is 0.0336. The fraction of sp³-hybridized carbons (Fsp3) is 0.292. The first kappa shape index (κ1) is 24.5. The molecule has 0 atom stereocenters. The summed E-state index contributed by atoms with van der Waals surface area (Å²) < 4.78 is 4.08. The van der Waals surface area contributed by atoms with Gasteiger partial charge in [-0.1, -0.05) is 35.7 Å². The monoisotopic (exact) mass is 545 g/mol. The normalized spacial score (nSPS) is 16.0. The predicted octanol–water partition coefficient (Wildman–Crippen LogP) is 5.07. The molecule has 0 N–H and O–H groups in total. The van der Waals surface area contributed by atoms with Crippen molar-refractivity contribution in [2.24, 2.45) is 0 Å². The summed E-state index contributed by atoms with van der Waals surface area (Å²) in [4.78, 5) is 35.0. The van der Waals surface area contributed by atoms with Crippen LogP contribution in [-0.2, 0) is 11.2 Å². The number of benzene rings is 2. The summed E-state index contributed by atoms with van der Waals surface area (Å²) in [6, 6.07) is 13.9. The van der Waals surface area contributed by atoms with Gasteiger partial charge in [-0.3, -0.25) is 14.5 Å². The summed E-state index contributed by atoms with van der Waals surface area (Å²) in [5, 5.41) is 2.81. The van der Waals surface area contributed by atoms with Gasteiger partial charge in [0.05, 0.1) is 17.8 Å². The van der Waals surface area contributed by atoms with E-state index in [4.69, 9.17) is 11.6 Å². The molecule has 0 radical (unpaired) electrons. The number of anilines is 3. The third-order valence-electron chi connectivity index (χ3n) is 6.05. The number of nitrogens with zero attached hydrogens (tertiary/aromatic N) is 5. The van der Waals surface area contributed by atoms with E-state index >= 15 is 0 Å². The van der Waals surface area contributed by atoms with Gasteiger partial charge in [-0.25, -0.2) is 9.29 Å². The lowest BCUT2D eigenvalue weighted by atomic mass is 10.1. The molecule has 5 rings (SSSR count). The fourth-order valence-electron chi connectivity index (χ4n) is 4.27. The summed E-state index contributed by atoms with van der Waals surface area (Å²) in [6.07, 6.45) is 2.81. The number of rotatable bonds is 6. The van der Waals surface area contributed by atoms with Crippen LogP contribution in [0.2, 0.25) is 5.15 Å². The van der Waals surface area contributed by atoms with Crippen molar-refractivity contribution < 1.29 is 9.59 Å². The smallest absolute Gasteiger partial charge is 0.260 e. The molecular weight excluding hydrogens is 522 g/mol. The lowest BCUT2D eigenvalue weighted by Gasteiger charge is -2.32. The van der Waals surface area contributed by atoms with Gasteiger partial charge < -0.3 is 9.21 Å². The minimum absolute atomic E-state index is 0.0153. The van der Waals surface area contributed by atoms with Crippen LogP contribution in [0.4, 0.5) is 16.5 Å². The van der Waals surface area contributed by atoms with Crippen molar-refractivity contribution in [2.75, 3.05) is 53.6 Å². The molecule has 0 spiro atoms. The highest BCUT2D eigenvalue weighted by molar-refractivity contribution is 7.99. The van der Waals surface area contributed by atoms with Crippen molar-refractivity contribution in [3.05, 3.63) is 64.1 Å². The second kappa shape index (κ2) is 10.4. The van der Waals surface area contributed by atoms with Gasteiger partial charge in [0.1, 0.15) is 5.15 Å². The Kier molecular flexibility index (Phi) is 7.26. The number of thiazole rings is 1. The number of carbonyl (C=O) groups excluding carboxylic acids is 2. The topological polar surface area (TPSA) is 60.0 Å². The van der Waals surface area contributed by atoms with E-state index in [2.05, 4.69) is 15.4 Å². The maximum absolute atomic E-state index is 13.5. The quantitative estimate of drug-likeness (QED) is 0.401. The minimum atomic E-state index is 0.0153. The van der Waals surface area contributed by atoms with Gasteiger partial charge in [0, 0.05) is 48.9 Å². The second-order valence-corrected chi connectivity index (χ2v) is 11.5. The van der Waals surface area contributed by atoms with E-state index in [-0.39, 0.29) is 11.8 Å². The zero-order valence-electron chi connectivity index (χ0n) is 19.3. The first-order valence-electron chi connectivity index (χ1n) is 11.1. The average Bonchev–Trinajstić information content (AvgIpc) is 3.49. The molecular formula is C24H24ClN5O2S3. The molecule has 7 nitrogen and oxygen atoms in total. The van der Waals surface area contributed by atoms with E-state index < -0.39 is 0 Å². The van der Waals surface area contributed by atoms with Crippen molar-refractivity contribution in [1.29, 1.82) is 0 Å². The molecule has 2 aliphatic heterocycles. The number of hydrogen-bond acceptors (Lipinski definition) is 8. The number of carbonyl (C=O) groups is 2. The first-order valence-corrected chi connectivity index (χ1v) is 14.3. The molecule has 11 heteroatoms. The SMILES string of the molecule is CSN(C)c1ccccc1C(=O)N1CCc2cc(SN3CCN(c4nc(Cl)cs4)C(=O)C3)ccc21. The van der Waals surface area contributed by atoms with E-state index in [1.165, 1.54) is 11.3 Å². The largest absolute Gasteiger partial charge is 0.319 e. The second-order valence-electron chi connectivity index (χ2n) is 8.15. The van der Waals surface area contributed by atoms with E-state index in [9.17, 15) is 9.59 Å². The van der Waals surface area contributed by atoms with Crippen LogP contribution in [0.5, 0.6) is 0 Å². The molecule has 0 saturated carbocycles. The van der Waals surface area contributed by atoms with Gasteiger partial charge in [-0.05, 0) is 54.3 Å². The van der Waals surface area contributed by atoms with Crippen molar-refractivity contribution >= 4 is 75.2 Å². The molecule has 3 heterocycles. The molecule has 1 aromatic heterocycles. The summed E-state index contributed by atoms with van der Waals surface area (Å²) in [7, 11) is 1.97. The molecule has 0 aliphatic carbocycles. The molecule has 1 fully saturated rings. The van der Waals surface area contributed by atoms with Crippen LogP contribution < -0.4 is 14.1 Å². The number of piperazine rings is 1. The number of amides is 2. The Morgan fingerprint density at radius 2 is 2.00 bits per heavy atom. The molecule has 0 bridgehead atoms. The van der Waals surface area contributed by atoms with Gasteiger partial charge in [-0.15, -0.1) is 11.3 Å². The highest BCUT2D eigenvalue weighted by Crippen LogP contribution is 2.36. The van der Waals surface area contributed by atoms with E-state index in [1.54, 1.807) is 34.2 Å². The lowest BCUT2D eigenvalue weighted by Crippen LogP contribution is -2.47. The summed E-state index contributed by atoms with van der Waals surface area (Å²) in [6.45, 7) is 2.28. The molecule has 182 valence electrons. The zero-order valence-corrected chi connectivity index (χ0v) is 22.5. The van der Waals surface area contributed by atoms with Crippen LogP contribution in [-0.4, -0.2) is 60.6 Å². The van der Waals surface area contributed by atoms with Crippen molar-refractivity contribution in [1.82, 2.24) is 9.29 Å². The van der Waals surface area contributed by atoms with Crippen molar-refractivity contribution in [3.8, 4) is 0 Å². The highest BCUT2D eigenvalue weighted by Gasteiger charge is 2.30. The molecule has 2 aromatic carbocycles. The van der Waals surface area contributed by atoms with Gasteiger partial charge in [-0.2, -0.15) is 0 Å². The molecule has 0 unspecified atom stereocenters. The standard InChI is InChI=1S/C24H24ClN5O2S3/c1-27(33-2)20-6-4-3-5-18(20)23(32)29-10-9-16-13-17(7-8-19(16)29)35-28-11-12-30(22(31)14-28)24-26-21(25)15-34-24/h3-8,13,15H,9-12,14H2,1-2H3. The molecule has 3 aromatic rings. The predicted molar refractivity (Wildman–Crippen MR) is 147 cm³/mol. The van der Waals surface area contributed by atoms with E-state index in [0.29, 0.717) is 35.5 Å². The maximum Gasteiger partial charge on any atom is 0.260 e. The molecule has 35 heavy (non-hydrogen) atoms. The summed E-state index contributed by atoms with van der Waals surface area (Å²) >= 11 is 10.5. The number of para-hydroxylation sites is 1. The molecule has 2 amide bonds. The Morgan fingerprint density at radius 1 is 1.17 bits per heavy atom. The van der Waals surface area contributed by atoms with Crippen LogP contribution in [0.3, 0.4) is 0 Å². The maximum atomic E-state index is 13.5. The lowest BCUT2D eigenvalue weighted by molar-refractivity contribution is -0.119.